The van der Waals surface area contributed by atoms with Crippen LogP contribution < -0.4 is 0 Å². The largest absolute Gasteiger partial charge is 0.451 e. The second kappa shape index (κ2) is 7.98. The van der Waals surface area contributed by atoms with Crippen molar-refractivity contribution in [3.8, 4) is 0 Å². The van der Waals surface area contributed by atoms with Gasteiger partial charge in [-0.2, -0.15) is 0 Å². The molecule has 2 heterocycles. The Morgan fingerprint density at radius 3 is 2.55 bits per heavy atom. The molecule has 6 heteroatoms. The lowest BCUT2D eigenvalue weighted by Gasteiger charge is -2.42. The zero-order chi connectivity index (χ0) is 21.4. The van der Waals surface area contributed by atoms with Gasteiger partial charge < -0.3 is 18.6 Å². The number of benzene rings is 1. The van der Waals surface area contributed by atoms with Gasteiger partial charge in [0.05, 0.1) is 18.3 Å². The van der Waals surface area contributed by atoms with Gasteiger partial charge in [-0.3, -0.25) is 0 Å². The monoisotopic (exact) mass is 418 g/mol. The Balaban J connectivity index is 1.90. The summed E-state index contributed by atoms with van der Waals surface area (Å²) in [5.41, 5.74) is -0.370. The highest BCUT2D eigenvalue weighted by Crippen LogP contribution is 2.49. The van der Waals surface area contributed by atoms with Crippen molar-refractivity contribution in [1.29, 1.82) is 0 Å². The zero-order valence-corrected chi connectivity index (χ0v) is 19.4. The van der Waals surface area contributed by atoms with Gasteiger partial charge in [-0.05, 0) is 42.8 Å². The third-order valence-corrected chi connectivity index (χ3v) is 11.0. The number of esters is 1. The first-order valence-corrected chi connectivity index (χ1v) is 13.3. The lowest BCUT2D eigenvalue weighted by molar-refractivity contribution is -0.178. The van der Waals surface area contributed by atoms with Crippen LogP contribution >= 0.6 is 0 Å². The van der Waals surface area contributed by atoms with Crippen LogP contribution in [0.5, 0.6) is 0 Å². The van der Waals surface area contributed by atoms with Crippen LogP contribution in [0.2, 0.25) is 18.1 Å². The molecule has 0 aromatic heterocycles. The van der Waals surface area contributed by atoms with Crippen LogP contribution in [0.3, 0.4) is 0 Å². The van der Waals surface area contributed by atoms with Crippen molar-refractivity contribution in [3.63, 3.8) is 0 Å². The highest BCUT2D eigenvalue weighted by Gasteiger charge is 2.67. The number of hydrogen-bond acceptors (Lipinski definition) is 5. The van der Waals surface area contributed by atoms with Crippen molar-refractivity contribution in [2.45, 2.75) is 82.3 Å². The third kappa shape index (κ3) is 3.95. The van der Waals surface area contributed by atoms with Gasteiger partial charge in [-0.25, -0.2) is 4.79 Å². The molecule has 0 N–H and O–H groups in total. The molecule has 160 valence electrons. The van der Waals surface area contributed by atoms with Crippen molar-refractivity contribution in [2.75, 3.05) is 6.61 Å². The van der Waals surface area contributed by atoms with E-state index in [1.54, 1.807) is 18.2 Å². The number of fused-ring (bicyclic) bond motifs is 2. The molecule has 2 bridgehead atoms. The molecule has 5 atom stereocenters. The van der Waals surface area contributed by atoms with Crippen molar-refractivity contribution in [3.05, 3.63) is 48.6 Å². The van der Waals surface area contributed by atoms with E-state index in [1.807, 2.05) is 18.2 Å². The lowest BCUT2D eigenvalue weighted by Crippen LogP contribution is -2.57. The third-order valence-electron chi connectivity index (χ3n) is 6.59. The fraction of sp³-hybridized carbons (Fsp3) is 0.609. The molecule has 3 rings (SSSR count). The van der Waals surface area contributed by atoms with E-state index in [4.69, 9.17) is 18.6 Å². The molecule has 0 aliphatic carbocycles. The van der Waals surface area contributed by atoms with Crippen molar-refractivity contribution >= 4 is 14.3 Å². The topological polar surface area (TPSA) is 54.0 Å². The normalized spacial score (nSPS) is 30.2. The predicted octanol–water partition coefficient (Wildman–Crippen LogP) is 4.73. The molecule has 1 aromatic rings. The first-order chi connectivity index (χ1) is 13.6. The predicted molar refractivity (Wildman–Crippen MR) is 116 cm³/mol. The summed E-state index contributed by atoms with van der Waals surface area (Å²) in [7, 11) is -2.10. The first-order valence-electron chi connectivity index (χ1n) is 10.4. The Hall–Kier alpha value is -1.47. The summed E-state index contributed by atoms with van der Waals surface area (Å²) in [5, 5.41) is 0.0440. The molecule has 2 fully saturated rings. The van der Waals surface area contributed by atoms with Crippen LogP contribution in [0.15, 0.2) is 43.0 Å². The first kappa shape index (κ1) is 22.2. The summed E-state index contributed by atoms with van der Waals surface area (Å²) in [4.78, 5) is 12.7. The van der Waals surface area contributed by atoms with E-state index in [1.165, 1.54) is 0 Å². The molecule has 29 heavy (non-hydrogen) atoms. The molecule has 2 saturated heterocycles. The maximum absolute atomic E-state index is 12.7. The van der Waals surface area contributed by atoms with Gasteiger partial charge in [0.15, 0.2) is 20.0 Å². The van der Waals surface area contributed by atoms with Crippen LogP contribution in [0.1, 0.15) is 44.5 Å². The molecule has 0 radical (unpaired) electrons. The highest BCUT2D eigenvalue weighted by molar-refractivity contribution is 6.74. The van der Waals surface area contributed by atoms with Gasteiger partial charge in [0.2, 0.25) is 0 Å². The molecule has 0 amide bonds. The Labute approximate surface area is 175 Å². The molecular weight excluding hydrogens is 384 g/mol. The number of ether oxygens (including phenoxy) is 3. The lowest BCUT2D eigenvalue weighted by atomic mass is 9.91. The summed E-state index contributed by atoms with van der Waals surface area (Å²) in [6.07, 6.45) is 1.25. The maximum Gasteiger partial charge on any atom is 0.338 e. The molecule has 0 unspecified atom stereocenters. The minimum Gasteiger partial charge on any atom is -0.451 e. The molecule has 2 aliphatic rings. The van der Waals surface area contributed by atoms with Gasteiger partial charge in [-0.15, -0.1) is 0 Å². The highest BCUT2D eigenvalue weighted by atomic mass is 28.4. The van der Waals surface area contributed by atoms with E-state index in [0.29, 0.717) is 12.2 Å². The van der Waals surface area contributed by atoms with Crippen LogP contribution in [0.25, 0.3) is 0 Å². The van der Waals surface area contributed by atoms with E-state index < -0.39 is 26.0 Å². The van der Waals surface area contributed by atoms with Crippen molar-refractivity contribution < 1.29 is 23.4 Å². The SMILES string of the molecule is C=C[C@H](OC(=O)c1ccccc1)[C@@]12CO[C@@H]([C@H](CC)O1)[C@@H]2O[Si](C)(C)C(C)(C)C. The molecule has 5 nitrogen and oxygen atoms in total. The van der Waals surface area contributed by atoms with Crippen LogP contribution in [0.4, 0.5) is 0 Å². The van der Waals surface area contributed by atoms with Crippen molar-refractivity contribution in [2.24, 2.45) is 0 Å². The Morgan fingerprint density at radius 2 is 2.00 bits per heavy atom. The van der Waals surface area contributed by atoms with Gasteiger partial charge >= 0.3 is 5.97 Å². The van der Waals surface area contributed by atoms with E-state index >= 15 is 0 Å². The summed E-state index contributed by atoms with van der Waals surface area (Å²) in [6, 6.07) is 8.97. The summed E-state index contributed by atoms with van der Waals surface area (Å²) < 4.78 is 25.3. The molecular formula is C23H34O5Si. The Bertz CT molecular complexity index is 741. The number of carbonyl (C=O) groups is 1. The number of carbonyl (C=O) groups excluding carboxylic acids is 1. The van der Waals surface area contributed by atoms with Crippen LogP contribution in [-0.4, -0.2) is 50.9 Å². The van der Waals surface area contributed by atoms with Crippen LogP contribution in [0, 0.1) is 0 Å². The zero-order valence-electron chi connectivity index (χ0n) is 18.4. The minimum absolute atomic E-state index is 0.0440. The Kier molecular flexibility index (Phi) is 6.12. The molecule has 2 aliphatic heterocycles. The average Bonchev–Trinajstić information content (AvgIpc) is 3.17. The number of hydrogen-bond donors (Lipinski definition) is 0. The maximum atomic E-state index is 12.7. The standard InChI is InChI=1S/C23H34O5Si/c1-8-17-19-20(28-29(6,7)22(3,4)5)23(27-17,15-25-19)18(9-2)26-21(24)16-13-11-10-12-14-16/h9-14,17-20H,2,8,15H2,1,3-7H3/t17-,18-,19-,20-,23+/m0/s1. The second-order valence-corrected chi connectivity index (χ2v) is 14.3. The summed E-state index contributed by atoms with van der Waals surface area (Å²) >= 11 is 0. The fourth-order valence-corrected chi connectivity index (χ4v) is 5.14. The Morgan fingerprint density at radius 1 is 1.34 bits per heavy atom. The molecule has 0 spiro atoms. The van der Waals surface area contributed by atoms with Gasteiger partial charge in [0.1, 0.15) is 12.2 Å². The average molecular weight is 419 g/mol. The number of rotatable bonds is 7. The van der Waals surface area contributed by atoms with E-state index in [2.05, 4.69) is 47.4 Å². The fourth-order valence-electron chi connectivity index (χ4n) is 3.82. The second-order valence-electron chi connectivity index (χ2n) is 9.52. The molecule has 1 aromatic carbocycles. The summed E-state index contributed by atoms with van der Waals surface area (Å²) in [5.74, 6) is -0.400. The molecule has 0 saturated carbocycles. The summed E-state index contributed by atoms with van der Waals surface area (Å²) in [6.45, 7) is 17.4. The van der Waals surface area contributed by atoms with E-state index in [0.717, 1.165) is 6.42 Å². The smallest absolute Gasteiger partial charge is 0.338 e. The van der Waals surface area contributed by atoms with Crippen molar-refractivity contribution in [1.82, 2.24) is 0 Å². The van der Waals surface area contributed by atoms with E-state index in [-0.39, 0.29) is 23.4 Å². The van der Waals surface area contributed by atoms with Gasteiger partial charge in [0, 0.05) is 0 Å². The van der Waals surface area contributed by atoms with Gasteiger partial charge in [0.25, 0.3) is 0 Å². The quantitative estimate of drug-likeness (QED) is 0.364. The van der Waals surface area contributed by atoms with Crippen LogP contribution in [-0.2, 0) is 18.6 Å². The minimum atomic E-state index is -2.10. The van der Waals surface area contributed by atoms with E-state index in [9.17, 15) is 4.79 Å². The van der Waals surface area contributed by atoms with Gasteiger partial charge in [-0.1, -0.05) is 52.5 Å².